The topological polar surface area (TPSA) is 131 Å². The van der Waals surface area contributed by atoms with Crippen molar-refractivity contribution in [3.63, 3.8) is 0 Å². The van der Waals surface area contributed by atoms with Crippen LogP contribution in [-0.4, -0.2) is 40.5 Å². The van der Waals surface area contributed by atoms with Crippen molar-refractivity contribution in [2.24, 2.45) is 0 Å². The Labute approximate surface area is 69.6 Å². The second-order valence-corrected chi connectivity index (χ2v) is 2.42. The quantitative estimate of drug-likeness (QED) is 0.408. The van der Waals surface area contributed by atoms with E-state index in [1.165, 1.54) is 0 Å². The Morgan fingerprint density at radius 3 is 0.750 bits per heavy atom. The Morgan fingerprint density at radius 1 is 0.750 bits per heavy atom. The monoisotopic (exact) mass is 222 g/mol. The van der Waals surface area contributed by atoms with E-state index in [0.717, 1.165) is 0 Å². The average molecular weight is 220 g/mol. The minimum absolute atomic E-state index is 0. The fraction of sp³-hybridized carbons (Fsp3) is 0. The van der Waals surface area contributed by atoms with Crippen LogP contribution in [0.25, 0.3) is 0 Å². The SMILES string of the molecule is O.O.[NaH].[O]=[Mo](=[O])(=[O])=[O]. The van der Waals surface area contributed by atoms with Gasteiger partial charge in [-0.3, -0.25) is 0 Å². The van der Waals surface area contributed by atoms with Gasteiger partial charge in [-0.25, -0.2) is 0 Å². The number of rotatable bonds is 0. The van der Waals surface area contributed by atoms with Crippen LogP contribution in [-0.2, 0) is 29.5 Å². The fourth-order valence-corrected chi connectivity index (χ4v) is 0. The zero-order valence-electron chi connectivity index (χ0n) is 3.04. The first-order valence-corrected chi connectivity index (χ1v) is 3.94. The van der Waals surface area contributed by atoms with Crippen molar-refractivity contribution >= 4 is 29.6 Å². The molecule has 0 rings (SSSR count). The van der Waals surface area contributed by atoms with Crippen LogP contribution in [0.1, 0.15) is 0 Å². The Hall–Kier alpha value is 0.808. The predicted molar refractivity (Wildman–Crippen MR) is 17.1 cm³/mol. The van der Waals surface area contributed by atoms with Crippen LogP contribution in [0.4, 0.5) is 0 Å². The summed E-state index contributed by atoms with van der Waals surface area (Å²) in [6.45, 7) is 0. The van der Waals surface area contributed by atoms with Crippen LogP contribution in [0.15, 0.2) is 0 Å². The van der Waals surface area contributed by atoms with Gasteiger partial charge in [0.1, 0.15) is 0 Å². The van der Waals surface area contributed by atoms with Crippen molar-refractivity contribution in [1.29, 1.82) is 0 Å². The van der Waals surface area contributed by atoms with Gasteiger partial charge in [-0.1, -0.05) is 0 Å². The molecule has 4 N–H and O–H groups in total. The molecule has 8 heavy (non-hydrogen) atoms. The summed E-state index contributed by atoms with van der Waals surface area (Å²) in [6.07, 6.45) is 0. The number of hydrogen-bond donors (Lipinski definition) is 0. The molecule has 0 bridgehead atoms. The van der Waals surface area contributed by atoms with Crippen molar-refractivity contribution < 1.29 is 40.5 Å². The first-order valence-electron chi connectivity index (χ1n) is 0.667. The molecule has 0 saturated heterocycles. The Bertz CT molecular complexity index is 160. The Kier molecular flexibility index (Phi) is 22.7. The van der Waals surface area contributed by atoms with E-state index in [4.69, 9.17) is 13.6 Å². The summed E-state index contributed by atoms with van der Waals surface area (Å²) < 4.78 is 34.5. The standard InChI is InChI=1S/Mo.Na.2H2O.4O.H/h;;2*1H2;;;;;. The van der Waals surface area contributed by atoms with E-state index in [2.05, 4.69) is 0 Å². The summed E-state index contributed by atoms with van der Waals surface area (Å²) >= 11 is -6.02. The van der Waals surface area contributed by atoms with Crippen LogP contribution >= 0.6 is 0 Å². The maximum atomic E-state index is 8.63. The van der Waals surface area contributed by atoms with Gasteiger partial charge in [0.05, 0.1) is 0 Å². The van der Waals surface area contributed by atoms with Gasteiger partial charge in [0.25, 0.3) is 0 Å². The van der Waals surface area contributed by atoms with E-state index in [0.29, 0.717) is 0 Å². The molecule has 8 heteroatoms. The molecule has 0 saturated carbocycles. The zero-order chi connectivity index (χ0) is 4.50. The first-order chi connectivity index (χ1) is 2.00. The molecular formula is H5MoNaO6. The third kappa shape index (κ3) is 352. The number of hydrogen-bond acceptors (Lipinski definition) is 4. The maximum absolute atomic E-state index is 8.63. The van der Waals surface area contributed by atoms with Crippen molar-refractivity contribution in [1.82, 2.24) is 0 Å². The predicted octanol–water partition coefficient (Wildman–Crippen LogP) is -2.78. The van der Waals surface area contributed by atoms with Crippen LogP contribution in [0.2, 0.25) is 0 Å². The van der Waals surface area contributed by atoms with Gasteiger partial charge in [-0.15, -0.1) is 0 Å². The van der Waals surface area contributed by atoms with Crippen molar-refractivity contribution in [3.8, 4) is 0 Å². The molecule has 0 aromatic carbocycles. The van der Waals surface area contributed by atoms with E-state index in [9.17, 15) is 0 Å². The van der Waals surface area contributed by atoms with E-state index in [-0.39, 0.29) is 40.5 Å². The van der Waals surface area contributed by atoms with Crippen LogP contribution in [0, 0.1) is 0 Å². The molecule has 0 amide bonds. The summed E-state index contributed by atoms with van der Waals surface area (Å²) in [5.41, 5.74) is 0. The molecule has 0 heterocycles. The second-order valence-electron chi connectivity index (χ2n) is 0.408. The van der Waals surface area contributed by atoms with Crippen molar-refractivity contribution in [2.75, 3.05) is 0 Å². The van der Waals surface area contributed by atoms with Gasteiger partial charge in [-0.2, -0.15) is 0 Å². The molecule has 0 atom stereocenters. The van der Waals surface area contributed by atoms with Gasteiger partial charge in [0.2, 0.25) is 0 Å². The molecule has 0 aliphatic heterocycles. The third-order valence-electron chi connectivity index (χ3n) is 0. The van der Waals surface area contributed by atoms with Crippen LogP contribution in [0.3, 0.4) is 0 Å². The molecule has 0 radical (unpaired) electrons. The minimum atomic E-state index is -6.02. The van der Waals surface area contributed by atoms with Gasteiger partial charge < -0.3 is 11.0 Å². The summed E-state index contributed by atoms with van der Waals surface area (Å²) in [4.78, 5) is 0. The van der Waals surface area contributed by atoms with Crippen molar-refractivity contribution in [3.05, 3.63) is 0 Å². The molecule has 0 unspecified atom stereocenters. The van der Waals surface area contributed by atoms with Crippen LogP contribution < -0.4 is 0 Å². The Balaban J connectivity index is -0.0000000267. The molecule has 0 aromatic heterocycles. The molecule has 0 spiro atoms. The molecular weight excluding hydrogens is 215 g/mol. The molecule has 0 aliphatic rings. The van der Waals surface area contributed by atoms with E-state index < -0.39 is 15.9 Å². The fourth-order valence-electron chi connectivity index (χ4n) is 0. The molecule has 0 aliphatic carbocycles. The summed E-state index contributed by atoms with van der Waals surface area (Å²) in [6, 6.07) is 0. The van der Waals surface area contributed by atoms with E-state index in [1.54, 1.807) is 0 Å². The molecule has 48 valence electrons. The average Bonchev–Trinajstić information content (AvgIpc) is 0.722. The summed E-state index contributed by atoms with van der Waals surface area (Å²) in [7, 11) is 0. The van der Waals surface area contributed by atoms with E-state index in [1.807, 2.05) is 0 Å². The summed E-state index contributed by atoms with van der Waals surface area (Å²) in [5.74, 6) is 0. The van der Waals surface area contributed by atoms with Gasteiger partial charge in [-0.05, 0) is 0 Å². The van der Waals surface area contributed by atoms with Gasteiger partial charge in [0, 0.05) is 0 Å². The normalized spacial score (nSPS) is 5.00. The summed E-state index contributed by atoms with van der Waals surface area (Å²) in [5, 5.41) is 0. The third-order valence-corrected chi connectivity index (χ3v) is 0. The molecule has 6 nitrogen and oxygen atoms in total. The van der Waals surface area contributed by atoms with Gasteiger partial charge >= 0.3 is 59.1 Å². The first kappa shape index (κ1) is 23.2. The van der Waals surface area contributed by atoms with Crippen molar-refractivity contribution in [2.45, 2.75) is 0 Å². The molecule has 0 fully saturated rings. The molecule has 0 aromatic rings. The van der Waals surface area contributed by atoms with E-state index >= 15 is 0 Å². The Morgan fingerprint density at radius 2 is 0.750 bits per heavy atom. The van der Waals surface area contributed by atoms with Crippen LogP contribution in [0.5, 0.6) is 0 Å². The zero-order valence-corrected chi connectivity index (χ0v) is 5.05. The van der Waals surface area contributed by atoms with Gasteiger partial charge in [0.15, 0.2) is 0 Å². The second kappa shape index (κ2) is 7.81.